The SMILES string of the molecule is CC1=CC[C@@H]2C(=O)N(c3cccc(OC(=O)[C@H]4CC(=O)N(c5ccc(Cl)cc5)C4)c3)C(=O)[C@@H]2C1. The smallest absolute Gasteiger partial charge is 0.316 e. The van der Waals surface area contributed by atoms with Crippen molar-refractivity contribution in [2.24, 2.45) is 17.8 Å². The average molecular weight is 479 g/mol. The summed E-state index contributed by atoms with van der Waals surface area (Å²) in [6.45, 7) is 2.18. The Balaban J connectivity index is 1.29. The Morgan fingerprint density at radius 2 is 1.71 bits per heavy atom. The molecule has 2 saturated heterocycles. The number of allylic oxidation sites excluding steroid dienone is 2. The van der Waals surface area contributed by atoms with Crippen LogP contribution in [0.5, 0.6) is 5.75 Å². The highest BCUT2D eigenvalue weighted by Gasteiger charge is 2.48. The molecule has 2 aromatic rings. The molecule has 2 aliphatic heterocycles. The second-order valence-corrected chi connectivity index (χ2v) is 9.45. The third-order valence-corrected chi connectivity index (χ3v) is 6.97. The highest BCUT2D eigenvalue weighted by atomic mass is 35.5. The molecule has 0 spiro atoms. The Hall–Kier alpha value is -3.45. The molecule has 34 heavy (non-hydrogen) atoms. The van der Waals surface area contributed by atoms with Crippen molar-refractivity contribution in [1.29, 1.82) is 0 Å². The van der Waals surface area contributed by atoms with Gasteiger partial charge in [-0.2, -0.15) is 0 Å². The number of halogens is 1. The summed E-state index contributed by atoms with van der Waals surface area (Å²) in [6, 6.07) is 13.3. The Labute approximate surface area is 201 Å². The van der Waals surface area contributed by atoms with Crippen LogP contribution in [0.3, 0.4) is 0 Å². The van der Waals surface area contributed by atoms with Crippen molar-refractivity contribution in [3.8, 4) is 5.75 Å². The molecule has 2 fully saturated rings. The topological polar surface area (TPSA) is 84.0 Å². The highest BCUT2D eigenvalue weighted by molar-refractivity contribution is 6.30. The first-order valence-electron chi connectivity index (χ1n) is 11.2. The maximum Gasteiger partial charge on any atom is 0.316 e. The summed E-state index contributed by atoms with van der Waals surface area (Å²) in [5, 5.41) is 0.562. The van der Waals surface area contributed by atoms with Crippen molar-refractivity contribution in [3.05, 3.63) is 65.2 Å². The molecule has 0 radical (unpaired) electrons. The molecule has 8 heteroatoms. The van der Waals surface area contributed by atoms with Gasteiger partial charge in [0, 0.05) is 29.7 Å². The minimum atomic E-state index is -0.626. The number of fused-ring (bicyclic) bond motifs is 1. The Bertz CT molecular complexity index is 1220. The zero-order chi connectivity index (χ0) is 24.0. The Morgan fingerprint density at radius 1 is 0.971 bits per heavy atom. The summed E-state index contributed by atoms with van der Waals surface area (Å²) >= 11 is 5.92. The van der Waals surface area contributed by atoms with E-state index in [9.17, 15) is 19.2 Å². The number of carbonyl (C=O) groups excluding carboxylic acids is 4. The number of benzene rings is 2. The van der Waals surface area contributed by atoms with Crippen LogP contribution >= 0.6 is 11.6 Å². The number of hydrogen-bond donors (Lipinski definition) is 0. The van der Waals surface area contributed by atoms with Gasteiger partial charge in [-0.25, -0.2) is 4.90 Å². The molecule has 3 aliphatic rings. The van der Waals surface area contributed by atoms with Crippen molar-refractivity contribution >= 4 is 46.7 Å². The number of esters is 1. The fourth-order valence-corrected chi connectivity index (χ4v) is 5.04. The molecule has 0 saturated carbocycles. The minimum Gasteiger partial charge on any atom is -0.426 e. The zero-order valence-corrected chi connectivity index (χ0v) is 19.3. The van der Waals surface area contributed by atoms with Gasteiger partial charge in [-0.15, -0.1) is 0 Å². The predicted molar refractivity (Wildman–Crippen MR) is 126 cm³/mol. The first kappa shape index (κ1) is 22.3. The van der Waals surface area contributed by atoms with Gasteiger partial charge in [0.05, 0.1) is 23.4 Å². The van der Waals surface area contributed by atoms with Crippen LogP contribution in [-0.4, -0.2) is 30.2 Å². The summed E-state index contributed by atoms with van der Waals surface area (Å²) in [5.74, 6) is -2.22. The molecule has 174 valence electrons. The minimum absolute atomic E-state index is 0.0416. The Morgan fingerprint density at radius 3 is 2.47 bits per heavy atom. The van der Waals surface area contributed by atoms with Crippen LogP contribution in [0.4, 0.5) is 11.4 Å². The van der Waals surface area contributed by atoms with Crippen molar-refractivity contribution in [3.63, 3.8) is 0 Å². The maximum atomic E-state index is 13.0. The van der Waals surface area contributed by atoms with Gasteiger partial charge >= 0.3 is 5.97 Å². The molecule has 0 aromatic heterocycles. The standard InChI is InChI=1S/C26H23ClN2O5/c1-15-5-10-21-22(11-15)25(32)29(24(21)31)19-3-2-4-20(13-19)34-26(33)16-12-23(30)28(14-16)18-8-6-17(27)7-9-18/h2-9,13,16,21-22H,10-12,14H2,1H3/t16-,21-,22+/m0/s1. The van der Waals surface area contributed by atoms with Gasteiger partial charge in [-0.3, -0.25) is 19.2 Å². The number of carbonyl (C=O) groups is 4. The summed E-state index contributed by atoms with van der Waals surface area (Å²) in [4.78, 5) is 54.0. The lowest BCUT2D eigenvalue weighted by molar-refractivity contribution is -0.139. The van der Waals surface area contributed by atoms with E-state index in [0.717, 1.165) is 5.57 Å². The molecule has 0 unspecified atom stereocenters. The second kappa shape index (κ2) is 8.72. The number of amides is 3. The van der Waals surface area contributed by atoms with E-state index < -0.39 is 11.9 Å². The molecule has 2 aromatic carbocycles. The van der Waals surface area contributed by atoms with Gasteiger partial charge in [-0.1, -0.05) is 29.3 Å². The monoisotopic (exact) mass is 478 g/mol. The fraction of sp³-hybridized carbons (Fsp3) is 0.308. The second-order valence-electron chi connectivity index (χ2n) is 9.02. The van der Waals surface area contributed by atoms with Crippen LogP contribution in [0.25, 0.3) is 0 Å². The number of anilines is 2. The van der Waals surface area contributed by atoms with E-state index in [0.29, 0.717) is 29.2 Å². The first-order valence-corrected chi connectivity index (χ1v) is 11.6. The summed E-state index contributed by atoms with van der Waals surface area (Å²) in [5.41, 5.74) is 2.17. The van der Waals surface area contributed by atoms with Gasteiger partial charge in [0.25, 0.3) is 0 Å². The van der Waals surface area contributed by atoms with E-state index in [2.05, 4.69) is 0 Å². The van der Waals surface area contributed by atoms with Crippen LogP contribution < -0.4 is 14.5 Å². The number of rotatable bonds is 4. The van der Waals surface area contributed by atoms with Gasteiger partial charge in [0.1, 0.15) is 5.75 Å². The number of imide groups is 1. The van der Waals surface area contributed by atoms with E-state index >= 15 is 0 Å². The first-order chi connectivity index (χ1) is 16.3. The van der Waals surface area contributed by atoms with Crippen molar-refractivity contribution < 1.29 is 23.9 Å². The van der Waals surface area contributed by atoms with Crippen LogP contribution in [0, 0.1) is 17.8 Å². The van der Waals surface area contributed by atoms with Crippen LogP contribution in [0.15, 0.2) is 60.2 Å². The summed E-state index contributed by atoms with van der Waals surface area (Å²) in [7, 11) is 0. The predicted octanol–water partition coefficient (Wildman–Crippen LogP) is 4.14. The Kier molecular flexibility index (Phi) is 5.73. The average Bonchev–Trinajstić information content (AvgIpc) is 3.32. The highest BCUT2D eigenvalue weighted by Crippen LogP contribution is 2.40. The lowest BCUT2D eigenvalue weighted by Crippen LogP contribution is -2.31. The largest absolute Gasteiger partial charge is 0.426 e. The maximum absolute atomic E-state index is 13.0. The summed E-state index contributed by atoms with van der Waals surface area (Å²) < 4.78 is 5.56. The van der Waals surface area contributed by atoms with E-state index in [1.54, 1.807) is 42.5 Å². The van der Waals surface area contributed by atoms with E-state index in [4.69, 9.17) is 16.3 Å². The molecule has 2 heterocycles. The van der Waals surface area contributed by atoms with E-state index in [1.807, 2.05) is 13.0 Å². The molecule has 3 atom stereocenters. The number of ether oxygens (including phenoxy) is 1. The number of hydrogen-bond acceptors (Lipinski definition) is 5. The normalized spacial score (nSPS) is 24.4. The van der Waals surface area contributed by atoms with Crippen molar-refractivity contribution in [2.75, 3.05) is 16.3 Å². The quantitative estimate of drug-likeness (QED) is 0.285. The molecule has 7 nitrogen and oxygen atoms in total. The molecular formula is C26H23ClN2O5. The van der Waals surface area contributed by atoms with Crippen LogP contribution in [0.2, 0.25) is 5.02 Å². The molecular weight excluding hydrogens is 456 g/mol. The van der Waals surface area contributed by atoms with Gasteiger partial charge in [-0.05, 0) is 56.2 Å². The van der Waals surface area contributed by atoms with E-state index in [1.165, 1.54) is 15.9 Å². The molecule has 5 rings (SSSR count). The fourth-order valence-electron chi connectivity index (χ4n) is 4.91. The van der Waals surface area contributed by atoms with E-state index in [-0.39, 0.29) is 48.3 Å². The molecule has 1 aliphatic carbocycles. The van der Waals surface area contributed by atoms with Gasteiger partial charge < -0.3 is 9.64 Å². The third kappa shape index (κ3) is 4.01. The molecule has 0 bridgehead atoms. The van der Waals surface area contributed by atoms with Crippen LogP contribution in [0.1, 0.15) is 26.2 Å². The van der Waals surface area contributed by atoms with Crippen molar-refractivity contribution in [1.82, 2.24) is 0 Å². The lowest BCUT2D eigenvalue weighted by Gasteiger charge is -2.18. The zero-order valence-electron chi connectivity index (χ0n) is 18.6. The van der Waals surface area contributed by atoms with Gasteiger partial charge in [0.2, 0.25) is 17.7 Å². The lowest BCUT2D eigenvalue weighted by atomic mass is 9.82. The molecule has 0 N–H and O–H groups in total. The number of nitrogens with zero attached hydrogens (tertiary/aromatic N) is 2. The third-order valence-electron chi connectivity index (χ3n) is 6.71. The van der Waals surface area contributed by atoms with Crippen LogP contribution in [-0.2, 0) is 19.2 Å². The molecule has 3 amide bonds. The van der Waals surface area contributed by atoms with Crippen molar-refractivity contribution in [2.45, 2.75) is 26.2 Å². The van der Waals surface area contributed by atoms with Gasteiger partial charge in [0.15, 0.2) is 0 Å². The summed E-state index contributed by atoms with van der Waals surface area (Å²) in [6.07, 6.45) is 3.20.